The number of rotatable bonds is 5. The van der Waals surface area contributed by atoms with Crippen LogP contribution in [-0.4, -0.2) is 23.0 Å². The molecule has 254 valence electrons. The molecule has 1 aliphatic carbocycles. The van der Waals surface area contributed by atoms with Crippen LogP contribution in [0.1, 0.15) is 36.1 Å². The van der Waals surface area contributed by atoms with E-state index < -0.39 is 8.07 Å². The summed E-state index contributed by atoms with van der Waals surface area (Å²) in [6.07, 6.45) is 0. The third-order valence-corrected chi connectivity index (χ3v) is 12.9. The zero-order valence-corrected chi connectivity index (χ0v) is 31.8. The zero-order chi connectivity index (χ0) is 35.9. The molecule has 0 atom stereocenters. The van der Waals surface area contributed by atoms with Gasteiger partial charge in [-0.05, 0) is 82.6 Å². The third-order valence-electron chi connectivity index (χ3n) is 10.9. The summed E-state index contributed by atoms with van der Waals surface area (Å²) >= 11 is 0. The van der Waals surface area contributed by atoms with E-state index in [0.29, 0.717) is 17.5 Å². The van der Waals surface area contributed by atoms with E-state index in [1.165, 1.54) is 44.0 Å². The topological polar surface area (TPSA) is 51.8 Å². The van der Waals surface area contributed by atoms with Crippen LogP contribution in [0, 0.1) is 13.8 Å². The summed E-state index contributed by atoms with van der Waals surface area (Å²) in [5, 5.41) is 3.78. The molecular formula is C47H41N3OSi. The predicted molar refractivity (Wildman–Crippen MR) is 219 cm³/mol. The Hall–Kier alpha value is -5.65. The van der Waals surface area contributed by atoms with Crippen LogP contribution >= 0.6 is 0 Å². The molecule has 5 heteroatoms. The number of hydrogen-bond donors (Lipinski definition) is 0. The second kappa shape index (κ2) is 11.7. The number of benzene rings is 6. The molecule has 2 heterocycles. The van der Waals surface area contributed by atoms with Crippen LogP contribution in [0.3, 0.4) is 0 Å². The van der Waals surface area contributed by atoms with E-state index in [4.69, 9.17) is 19.4 Å². The Morgan fingerprint density at radius 1 is 0.538 bits per heavy atom. The van der Waals surface area contributed by atoms with Gasteiger partial charge in [0.1, 0.15) is 11.2 Å². The predicted octanol–water partition coefficient (Wildman–Crippen LogP) is 11.9. The molecule has 0 spiro atoms. The highest BCUT2D eigenvalue weighted by Crippen LogP contribution is 2.53. The molecule has 0 unspecified atom stereocenters. The maximum absolute atomic E-state index is 6.48. The summed E-state index contributed by atoms with van der Waals surface area (Å²) in [4.78, 5) is 15.3. The first-order chi connectivity index (χ1) is 25.0. The largest absolute Gasteiger partial charge is 0.456 e. The van der Waals surface area contributed by atoms with Gasteiger partial charge in [-0.15, -0.1) is 0 Å². The van der Waals surface area contributed by atoms with Crippen molar-refractivity contribution in [3.63, 3.8) is 0 Å². The van der Waals surface area contributed by atoms with Gasteiger partial charge in [-0.1, -0.05) is 136 Å². The summed E-state index contributed by atoms with van der Waals surface area (Å²) < 4.78 is 6.48. The number of hydrogen-bond acceptors (Lipinski definition) is 4. The Morgan fingerprint density at radius 2 is 1.15 bits per heavy atom. The second-order valence-electron chi connectivity index (χ2n) is 15.8. The van der Waals surface area contributed by atoms with E-state index in [9.17, 15) is 0 Å². The summed E-state index contributed by atoms with van der Waals surface area (Å²) in [7, 11) is -1.50. The summed E-state index contributed by atoms with van der Waals surface area (Å²) in [5.41, 5.74) is 14.6. The fourth-order valence-electron chi connectivity index (χ4n) is 8.24. The molecule has 0 fully saturated rings. The fraction of sp³-hybridized carbons (Fsp3) is 0.170. The molecular weight excluding hydrogens is 651 g/mol. The van der Waals surface area contributed by atoms with Crippen LogP contribution in [0.15, 0.2) is 126 Å². The summed E-state index contributed by atoms with van der Waals surface area (Å²) in [6.45, 7) is 16.2. The molecule has 0 radical (unpaired) electrons. The van der Waals surface area contributed by atoms with Gasteiger partial charge in [0.15, 0.2) is 17.5 Å². The van der Waals surface area contributed by atoms with E-state index in [1.807, 2.05) is 18.2 Å². The van der Waals surface area contributed by atoms with Gasteiger partial charge in [0.2, 0.25) is 0 Å². The molecule has 0 saturated heterocycles. The van der Waals surface area contributed by atoms with Crippen LogP contribution in [0.4, 0.5) is 0 Å². The van der Waals surface area contributed by atoms with Crippen LogP contribution in [0.5, 0.6) is 0 Å². The van der Waals surface area contributed by atoms with Crippen molar-refractivity contribution < 1.29 is 4.42 Å². The quantitative estimate of drug-likeness (QED) is 0.169. The zero-order valence-electron chi connectivity index (χ0n) is 30.8. The van der Waals surface area contributed by atoms with E-state index in [0.717, 1.165) is 44.4 Å². The second-order valence-corrected chi connectivity index (χ2v) is 20.9. The van der Waals surface area contributed by atoms with Gasteiger partial charge in [-0.25, -0.2) is 15.0 Å². The average Bonchev–Trinajstić information content (AvgIpc) is 3.62. The lowest BCUT2D eigenvalue weighted by Crippen LogP contribution is -2.38. The van der Waals surface area contributed by atoms with E-state index in [1.54, 1.807) is 0 Å². The fourth-order valence-corrected chi connectivity index (χ4v) is 9.54. The Kier molecular flexibility index (Phi) is 7.25. The minimum atomic E-state index is -1.50. The molecule has 4 nitrogen and oxygen atoms in total. The van der Waals surface area contributed by atoms with Gasteiger partial charge in [-0.3, -0.25) is 0 Å². The lowest BCUT2D eigenvalue weighted by Gasteiger charge is -2.22. The lowest BCUT2D eigenvalue weighted by atomic mass is 9.80. The van der Waals surface area contributed by atoms with Crippen LogP contribution < -0.4 is 5.19 Å². The maximum Gasteiger partial charge on any atom is 0.164 e. The first-order valence-corrected chi connectivity index (χ1v) is 21.6. The van der Waals surface area contributed by atoms with Gasteiger partial charge in [-0.2, -0.15) is 0 Å². The number of furan rings is 1. The average molecular weight is 692 g/mol. The number of aryl methyl sites for hydroxylation is 2. The van der Waals surface area contributed by atoms with Crippen molar-refractivity contribution in [3.05, 3.63) is 144 Å². The van der Waals surface area contributed by atoms with E-state index in [2.05, 4.69) is 150 Å². The standard InChI is InChI=1S/C47H41N3OSi/c1-28-24-34(52(5,6)7)25-29(2)41(28)46-49-44(30-14-9-8-10-15-30)48-45(50-46)33-17-13-16-31(26-33)32-20-22-39-37(27-32)42-40(51-39)23-21-36-35-18-11-12-19-38(35)47(3,4)43(36)42/h8-27H,1-7H3. The highest BCUT2D eigenvalue weighted by Gasteiger charge is 2.38. The van der Waals surface area contributed by atoms with E-state index in [-0.39, 0.29) is 5.41 Å². The SMILES string of the molecule is Cc1cc([Si](C)(C)C)cc(C)c1-c1nc(-c2ccccc2)nc(-c2cccc(-c3ccc4oc5ccc6c(c5c4c3)C(C)(C)c3ccccc3-6)c2)n1. The highest BCUT2D eigenvalue weighted by atomic mass is 28.3. The molecule has 0 N–H and O–H groups in total. The van der Waals surface area contributed by atoms with Crippen LogP contribution in [0.25, 0.3) is 78.4 Å². The van der Waals surface area contributed by atoms with Crippen molar-refractivity contribution in [1.82, 2.24) is 15.0 Å². The smallest absolute Gasteiger partial charge is 0.164 e. The summed E-state index contributed by atoms with van der Waals surface area (Å²) in [6, 6.07) is 43.2. The highest BCUT2D eigenvalue weighted by molar-refractivity contribution is 6.88. The Bertz CT molecular complexity index is 2690. The number of fused-ring (bicyclic) bond motifs is 7. The molecule has 0 bridgehead atoms. The number of aromatic nitrogens is 3. The molecule has 1 aliphatic rings. The molecule has 2 aromatic heterocycles. The van der Waals surface area contributed by atoms with Crippen molar-refractivity contribution in [2.24, 2.45) is 0 Å². The molecule has 0 aliphatic heterocycles. The minimum absolute atomic E-state index is 0.142. The monoisotopic (exact) mass is 691 g/mol. The van der Waals surface area contributed by atoms with Crippen LogP contribution in [-0.2, 0) is 5.41 Å². The number of nitrogens with zero attached hydrogens (tertiary/aromatic N) is 3. The minimum Gasteiger partial charge on any atom is -0.456 e. The first kappa shape index (κ1) is 32.3. The van der Waals surface area contributed by atoms with Crippen LogP contribution in [0.2, 0.25) is 19.6 Å². The first-order valence-electron chi connectivity index (χ1n) is 18.1. The van der Waals surface area contributed by atoms with Gasteiger partial charge < -0.3 is 4.42 Å². The van der Waals surface area contributed by atoms with Gasteiger partial charge in [0.05, 0.1) is 8.07 Å². The molecule has 8 aromatic rings. The van der Waals surface area contributed by atoms with Crippen molar-refractivity contribution >= 4 is 35.2 Å². The molecule has 52 heavy (non-hydrogen) atoms. The molecule has 0 amide bonds. The van der Waals surface area contributed by atoms with Crippen molar-refractivity contribution in [1.29, 1.82) is 0 Å². The van der Waals surface area contributed by atoms with Gasteiger partial charge in [0, 0.05) is 32.9 Å². The van der Waals surface area contributed by atoms with Gasteiger partial charge >= 0.3 is 0 Å². The van der Waals surface area contributed by atoms with Crippen molar-refractivity contribution in [2.75, 3.05) is 0 Å². The summed E-state index contributed by atoms with van der Waals surface area (Å²) in [5.74, 6) is 2.03. The van der Waals surface area contributed by atoms with Crippen molar-refractivity contribution in [2.45, 2.75) is 52.8 Å². The normalized spacial score (nSPS) is 13.4. The maximum atomic E-state index is 6.48. The molecule has 6 aromatic carbocycles. The Morgan fingerprint density at radius 3 is 1.90 bits per heavy atom. The Labute approximate surface area is 306 Å². The van der Waals surface area contributed by atoms with Crippen molar-refractivity contribution in [3.8, 4) is 56.4 Å². The van der Waals surface area contributed by atoms with Gasteiger partial charge in [0.25, 0.3) is 0 Å². The molecule has 0 saturated carbocycles. The Balaban J connectivity index is 1.19. The third kappa shape index (κ3) is 5.14. The van der Waals surface area contributed by atoms with E-state index >= 15 is 0 Å². The lowest BCUT2D eigenvalue weighted by molar-refractivity contribution is 0.657. The molecule has 9 rings (SSSR count).